The van der Waals surface area contributed by atoms with Gasteiger partial charge < -0.3 is 15.0 Å². The first-order valence-corrected chi connectivity index (χ1v) is 9.14. The Labute approximate surface area is 152 Å². The first-order chi connectivity index (χ1) is 12.0. The number of aromatic amines is 1. The molecule has 1 aliphatic carbocycles. The fraction of sp³-hybridized carbons (Fsp3) is 0.294. The van der Waals surface area contributed by atoms with Gasteiger partial charge in [-0.25, -0.2) is 9.37 Å². The van der Waals surface area contributed by atoms with E-state index in [1.807, 2.05) is 17.5 Å². The van der Waals surface area contributed by atoms with E-state index in [2.05, 4.69) is 15.3 Å². The van der Waals surface area contributed by atoms with E-state index in [0.717, 1.165) is 22.3 Å². The van der Waals surface area contributed by atoms with Crippen molar-refractivity contribution < 1.29 is 13.9 Å². The van der Waals surface area contributed by atoms with Crippen LogP contribution in [0.4, 0.5) is 4.39 Å². The number of nitrogens with zero attached hydrogens (tertiary/aromatic N) is 1. The number of carbonyl (C=O) groups excluding carboxylic acids is 1. The van der Waals surface area contributed by atoms with Crippen LogP contribution in [-0.4, -0.2) is 21.5 Å². The van der Waals surface area contributed by atoms with Crippen molar-refractivity contribution in [2.24, 2.45) is 0 Å². The lowest BCUT2D eigenvalue weighted by Gasteiger charge is -2.06. The molecule has 3 aromatic rings. The van der Waals surface area contributed by atoms with E-state index in [1.165, 1.54) is 11.3 Å². The van der Waals surface area contributed by atoms with E-state index in [0.29, 0.717) is 30.2 Å². The lowest BCUT2D eigenvalue weighted by molar-refractivity contribution is -0.127. The summed E-state index contributed by atoms with van der Waals surface area (Å²) in [6.45, 7) is 0.586. The number of fused-ring (bicyclic) bond motifs is 1. The topological polar surface area (TPSA) is 67.0 Å². The Hall–Kier alpha value is -2.12. The number of rotatable bonds is 6. The van der Waals surface area contributed by atoms with Gasteiger partial charge in [0.15, 0.2) is 5.67 Å². The summed E-state index contributed by atoms with van der Waals surface area (Å²) in [6.07, 6.45) is 0.613. The van der Waals surface area contributed by atoms with Crippen molar-refractivity contribution in [3.05, 3.63) is 45.5 Å². The number of amides is 1. The van der Waals surface area contributed by atoms with Gasteiger partial charge in [0.2, 0.25) is 0 Å². The first-order valence-electron chi connectivity index (χ1n) is 7.82. The number of hydrogen-bond acceptors (Lipinski definition) is 4. The molecule has 4 rings (SSSR count). The molecule has 0 atom stereocenters. The Morgan fingerprint density at radius 1 is 1.44 bits per heavy atom. The molecule has 0 radical (unpaired) electrons. The molecule has 1 fully saturated rings. The highest BCUT2D eigenvalue weighted by Gasteiger charge is 2.50. The maximum atomic E-state index is 13.6. The quantitative estimate of drug-likeness (QED) is 0.680. The standard InChI is InChI=1S/C17H15ClFN3O2S/c18-13-4-10-3-11(6-20-16(23)17(19)1-2-17)22-14(10)5-15(13)24-7-12-8-25-9-21-12/h3-5,8-9,22H,1-2,6-7H2,(H,20,23). The third-order valence-corrected chi connectivity index (χ3v) is 5.05. The molecule has 2 N–H and O–H groups in total. The summed E-state index contributed by atoms with van der Waals surface area (Å²) in [7, 11) is 0. The predicted octanol–water partition coefficient (Wildman–Crippen LogP) is 3.98. The van der Waals surface area contributed by atoms with Gasteiger partial charge in [0.1, 0.15) is 12.4 Å². The van der Waals surface area contributed by atoms with Crippen LogP contribution in [0.2, 0.25) is 5.02 Å². The normalized spacial score (nSPS) is 15.3. The van der Waals surface area contributed by atoms with Crippen molar-refractivity contribution in [3.8, 4) is 5.75 Å². The Morgan fingerprint density at radius 2 is 2.28 bits per heavy atom. The molecule has 1 amide bonds. The number of hydrogen-bond donors (Lipinski definition) is 2. The predicted molar refractivity (Wildman–Crippen MR) is 94.7 cm³/mol. The molecule has 0 aliphatic heterocycles. The molecule has 2 aromatic heterocycles. The van der Waals surface area contributed by atoms with Gasteiger partial charge in [-0.15, -0.1) is 11.3 Å². The van der Waals surface area contributed by atoms with E-state index in [4.69, 9.17) is 16.3 Å². The smallest absolute Gasteiger partial charge is 0.257 e. The zero-order valence-electron chi connectivity index (χ0n) is 13.1. The van der Waals surface area contributed by atoms with Gasteiger partial charge in [-0.1, -0.05) is 11.6 Å². The minimum Gasteiger partial charge on any atom is -0.486 e. The monoisotopic (exact) mass is 379 g/mol. The van der Waals surface area contributed by atoms with Gasteiger partial charge in [-0.3, -0.25) is 4.79 Å². The fourth-order valence-electron chi connectivity index (χ4n) is 2.53. The molecule has 1 saturated carbocycles. The van der Waals surface area contributed by atoms with Crippen LogP contribution in [0.15, 0.2) is 29.1 Å². The number of halogens is 2. The summed E-state index contributed by atoms with van der Waals surface area (Å²) >= 11 is 7.78. The molecule has 130 valence electrons. The number of carbonyl (C=O) groups is 1. The summed E-state index contributed by atoms with van der Waals surface area (Å²) in [6, 6.07) is 5.49. The SMILES string of the molecule is O=C(NCc1cc2cc(Cl)c(OCc3cscn3)cc2[nH]1)C1(F)CC1. The maximum absolute atomic E-state index is 13.6. The Balaban J connectivity index is 1.47. The van der Waals surface area contributed by atoms with Crippen LogP contribution >= 0.6 is 22.9 Å². The van der Waals surface area contributed by atoms with Gasteiger partial charge >= 0.3 is 0 Å². The Morgan fingerprint density at radius 3 is 3.00 bits per heavy atom. The van der Waals surface area contributed by atoms with E-state index in [-0.39, 0.29) is 6.54 Å². The minimum absolute atomic E-state index is 0.242. The van der Waals surface area contributed by atoms with Crippen molar-refractivity contribution in [3.63, 3.8) is 0 Å². The number of thiazole rings is 1. The minimum atomic E-state index is -1.66. The fourth-order valence-corrected chi connectivity index (χ4v) is 3.30. The van der Waals surface area contributed by atoms with Crippen molar-refractivity contribution in [1.29, 1.82) is 0 Å². The van der Waals surface area contributed by atoms with Crippen LogP contribution in [0.5, 0.6) is 5.75 Å². The van der Waals surface area contributed by atoms with E-state index in [9.17, 15) is 9.18 Å². The van der Waals surface area contributed by atoms with Gasteiger partial charge in [0, 0.05) is 28.0 Å². The average molecular weight is 380 g/mol. The molecule has 0 saturated heterocycles. The van der Waals surface area contributed by atoms with E-state index in [1.54, 1.807) is 11.6 Å². The summed E-state index contributed by atoms with van der Waals surface area (Å²) < 4.78 is 19.4. The van der Waals surface area contributed by atoms with Crippen LogP contribution in [0.3, 0.4) is 0 Å². The van der Waals surface area contributed by atoms with Gasteiger partial charge in [-0.05, 0) is 25.0 Å². The maximum Gasteiger partial charge on any atom is 0.257 e. The highest BCUT2D eigenvalue weighted by molar-refractivity contribution is 7.07. The van der Waals surface area contributed by atoms with Crippen LogP contribution in [0.25, 0.3) is 10.9 Å². The summed E-state index contributed by atoms with van der Waals surface area (Å²) in [4.78, 5) is 19.0. The average Bonchev–Trinajstić information content (AvgIpc) is 3.01. The van der Waals surface area contributed by atoms with Crippen molar-refractivity contribution in [1.82, 2.24) is 15.3 Å². The van der Waals surface area contributed by atoms with Crippen LogP contribution < -0.4 is 10.1 Å². The third-order valence-electron chi connectivity index (χ3n) is 4.12. The van der Waals surface area contributed by atoms with Gasteiger partial charge in [0.05, 0.1) is 22.8 Å². The Kier molecular flexibility index (Phi) is 4.13. The zero-order chi connectivity index (χ0) is 17.4. The second kappa shape index (κ2) is 6.31. The molecule has 2 heterocycles. The molecule has 1 aromatic carbocycles. The highest BCUT2D eigenvalue weighted by Crippen LogP contribution is 2.39. The van der Waals surface area contributed by atoms with Crippen LogP contribution in [-0.2, 0) is 17.9 Å². The van der Waals surface area contributed by atoms with E-state index < -0.39 is 11.6 Å². The lowest BCUT2D eigenvalue weighted by Crippen LogP contribution is -2.32. The molecule has 1 aliphatic rings. The molecular formula is C17H15ClFN3O2S. The summed E-state index contributed by atoms with van der Waals surface area (Å²) in [5, 5.41) is 5.93. The summed E-state index contributed by atoms with van der Waals surface area (Å²) in [5.41, 5.74) is 2.55. The second-order valence-electron chi connectivity index (χ2n) is 6.08. The molecule has 25 heavy (non-hydrogen) atoms. The third kappa shape index (κ3) is 3.48. The number of ether oxygens (including phenoxy) is 1. The Bertz CT molecular complexity index is 922. The van der Waals surface area contributed by atoms with Crippen LogP contribution in [0.1, 0.15) is 24.2 Å². The highest BCUT2D eigenvalue weighted by atomic mass is 35.5. The molecule has 5 nitrogen and oxygen atoms in total. The first kappa shape index (κ1) is 16.4. The summed E-state index contributed by atoms with van der Waals surface area (Å²) in [5.74, 6) is 0.0109. The molecule has 0 spiro atoms. The molecule has 0 bridgehead atoms. The molecule has 8 heteroatoms. The van der Waals surface area contributed by atoms with E-state index >= 15 is 0 Å². The lowest BCUT2D eigenvalue weighted by atomic mass is 10.2. The molecule has 0 unspecified atom stereocenters. The van der Waals surface area contributed by atoms with Crippen molar-refractivity contribution in [2.75, 3.05) is 0 Å². The number of alkyl halides is 1. The molecular weight excluding hydrogens is 365 g/mol. The number of aromatic nitrogens is 2. The number of benzene rings is 1. The van der Waals surface area contributed by atoms with Crippen molar-refractivity contribution in [2.45, 2.75) is 31.7 Å². The second-order valence-corrected chi connectivity index (χ2v) is 7.21. The zero-order valence-corrected chi connectivity index (χ0v) is 14.7. The largest absolute Gasteiger partial charge is 0.486 e. The van der Waals surface area contributed by atoms with Crippen molar-refractivity contribution >= 4 is 39.7 Å². The number of nitrogens with one attached hydrogen (secondary N) is 2. The van der Waals surface area contributed by atoms with Gasteiger partial charge in [0.25, 0.3) is 5.91 Å². The van der Waals surface area contributed by atoms with Gasteiger partial charge in [-0.2, -0.15) is 0 Å². The van der Waals surface area contributed by atoms with Crippen LogP contribution in [0, 0.1) is 0 Å². The number of H-pyrrole nitrogens is 1.